The predicted octanol–water partition coefficient (Wildman–Crippen LogP) is 3.97. The molecule has 0 fully saturated rings. The van der Waals surface area contributed by atoms with Gasteiger partial charge in [-0.05, 0) is 39.3 Å². The molecule has 0 aliphatic rings. The maximum atomic E-state index is 13.8. The van der Waals surface area contributed by atoms with Crippen LogP contribution < -0.4 is 10.6 Å². The molecule has 0 saturated heterocycles. The van der Waals surface area contributed by atoms with Gasteiger partial charge in [-0.1, -0.05) is 18.2 Å². The van der Waals surface area contributed by atoms with Crippen molar-refractivity contribution in [2.45, 2.75) is 33.7 Å². The summed E-state index contributed by atoms with van der Waals surface area (Å²) >= 11 is 1.34. The average Bonchev–Trinajstić information content (AvgIpc) is 2.87. The Kier molecular flexibility index (Phi) is 6.88. The second-order valence-electron chi connectivity index (χ2n) is 5.88. The van der Waals surface area contributed by atoms with Crippen molar-refractivity contribution in [1.29, 1.82) is 0 Å². The second-order valence-corrected chi connectivity index (χ2v) is 7.10. The zero-order valence-electron chi connectivity index (χ0n) is 15.3. The monoisotopic (exact) mass is 378 g/mol. The van der Waals surface area contributed by atoms with Crippen LogP contribution in [0, 0.1) is 19.7 Å². The van der Waals surface area contributed by atoms with Gasteiger partial charge in [-0.2, -0.15) is 0 Å². The van der Waals surface area contributed by atoms with E-state index in [0.717, 1.165) is 10.4 Å². The molecule has 1 heterocycles. The van der Waals surface area contributed by atoms with E-state index < -0.39 is 5.97 Å². The van der Waals surface area contributed by atoms with Gasteiger partial charge in [0.1, 0.15) is 10.8 Å². The lowest BCUT2D eigenvalue weighted by Crippen LogP contribution is -2.30. The van der Waals surface area contributed by atoms with Crippen LogP contribution in [0.1, 0.15) is 46.3 Å². The number of hydrogen-bond acceptors (Lipinski definition) is 5. The number of ether oxygens (including phenoxy) is 1. The van der Waals surface area contributed by atoms with E-state index in [1.807, 2.05) is 13.8 Å². The van der Waals surface area contributed by atoms with E-state index in [4.69, 9.17) is 4.74 Å². The average molecular weight is 378 g/mol. The number of carbonyl (C=O) groups is 2. The van der Waals surface area contributed by atoms with Gasteiger partial charge in [0.15, 0.2) is 0 Å². The number of nitrogens with one attached hydrogen (secondary N) is 2. The molecule has 1 aromatic heterocycles. The molecule has 0 radical (unpaired) electrons. The van der Waals surface area contributed by atoms with Crippen molar-refractivity contribution in [3.63, 3.8) is 0 Å². The fraction of sp³-hybridized carbons (Fsp3) is 0.368. The van der Waals surface area contributed by atoms with E-state index in [9.17, 15) is 14.0 Å². The maximum Gasteiger partial charge on any atom is 0.341 e. The number of rotatable bonds is 7. The van der Waals surface area contributed by atoms with Crippen molar-refractivity contribution in [3.05, 3.63) is 51.7 Å². The first-order valence-corrected chi connectivity index (χ1v) is 9.21. The zero-order valence-corrected chi connectivity index (χ0v) is 16.1. The Bertz CT molecular complexity index is 804. The fourth-order valence-electron chi connectivity index (χ4n) is 2.52. The van der Waals surface area contributed by atoms with Gasteiger partial charge in [0.2, 0.25) is 5.91 Å². The van der Waals surface area contributed by atoms with Gasteiger partial charge < -0.3 is 15.4 Å². The van der Waals surface area contributed by atoms with Crippen molar-refractivity contribution < 1.29 is 18.7 Å². The number of aryl methyl sites for hydroxylation is 1. The Labute approximate surface area is 156 Å². The number of hydrogen-bond donors (Lipinski definition) is 2. The van der Waals surface area contributed by atoms with Crippen LogP contribution in [0.3, 0.4) is 0 Å². The summed E-state index contributed by atoms with van der Waals surface area (Å²) in [4.78, 5) is 25.4. The molecule has 5 nitrogen and oxygen atoms in total. The van der Waals surface area contributed by atoms with Gasteiger partial charge in [-0.25, -0.2) is 9.18 Å². The number of thiophene rings is 1. The normalized spacial score (nSPS) is 11.9. The standard InChI is InChI=1S/C19H23FN2O3S/c1-5-25-19(24)17-11(2)13(4)26-18(17)22-16(23)10-21-12(3)14-8-6-7-9-15(14)20/h6-9,12,21H,5,10H2,1-4H3,(H,22,23). The Morgan fingerprint density at radius 1 is 1.27 bits per heavy atom. The third-order valence-corrected chi connectivity index (χ3v) is 5.18. The Morgan fingerprint density at radius 2 is 1.96 bits per heavy atom. The Balaban J connectivity index is 2.03. The predicted molar refractivity (Wildman–Crippen MR) is 101 cm³/mol. The lowest BCUT2D eigenvalue weighted by molar-refractivity contribution is -0.115. The summed E-state index contributed by atoms with van der Waals surface area (Å²) in [6.07, 6.45) is 0. The number of amides is 1. The third-order valence-electron chi connectivity index (χ3n) is 4.06. The molecule has 1 atom stereocenters. The molecule has 2 rings (SSSR count). The summed E-state index contributed by atoms with van der Waals surface area (Å²) in [5.74, 6) is -1.07. The molecular formula is C19H23FN2O3S. The molecule has 2 aromatic rings. The highest BCUT2D eigenvalue weighted by Crippen LogP contribution is 2.33. The maximum absolute atomic E-state index is 13.8. The highest BCUT2D eigenvalue weighted by molar-refractivity contribution is 7.16. The van der Waals surface area contributed by atoms with Crippen LogP contribution in [0.5, 0.6) is 0 Å². The quantitative estimate of drug-likeness (QED) is 0.716. The molecule has 0 saturated carbocycles. The third kappa shape index (κ3) is 4.68. The van der Waals surface area contributed by atoms with E-state index >= 15 is 0 Å². The van der Waals surface area contributed by atoms with E-state index in [1.54, 1.807) is 32.0 Å². The van der Waals surface area contributed by atoms with Crippen LogP contribution in [0.25, 0.3) is 0 Å². The Morgan fingerprint density at radius 3 is 2.62 bits per heavy atom. The zero-order chi connectivity index (χ0) is 19.3. The number of halogens is 1. The summed E-state index contributed by atoms with van der Waals surface area (Å²) in [6.45, 7) is 7.49. The minimum absolute atomic E-state index is 0.00619. The molecule has 1 aromatic carbocycles. The van der Waals surface area contributed by atoms with E-state index in [2.05, 4.69) is 10.6 Å². The Hall–Kier alpha value is -2.25. The van der Waals surface area contributed by atoms with Crippen molar-refractivity contribution in [2.75, 3.05) is 18.5 Å². The van der Waals surface area contributed by atoms with Gasteiger partial charge in [0, 0.05) is 16.5 Å². The highest BCUT2D eigenvalue weighted by Gasteiger charge is 2.22. The number of carbonyl (C=O) groups excluding carboxylic acids is 2. The van der Waals surface area contributed by atoms with Crippen LogP contribution in [-0.4, -0.2) is 25.0 Å². The molecule has 1 unspecified atom stereocenters. The van der Waals surface area contributed by atoms with Crippen molar-refractivity contribution >= 4 is 28.2 Å². The SMILES string of the molecule is CCOC(=O)c1c(NC(=O)CNC(C)c2ccccc2F)sc(C)c1C. The second kappa shape index (κ2) is 8.91. The summed E-state index contributed by atoms with van der Waals surface area (Å²) in [5.41, 5.74) is 1.69. The minimum Gasteiger partial charge on any atom is -0.462 e. The summed E-state index contributed by atoms with van der Waals surface area (Å²) in [5, 5.41) is 6.22. The summed E-state index contributed by atoms with van der Waals surface area (Å²) in [7, 11) is 0. The van der Waals surface area contributed by atoms with Crippen LogP contribution in [0.2, 0.25) is 0 Å². The molecule has 7 heteroatoms. The summed E-state index contributed by atoms with van der Waals surface area (Å²) in [6, 6.07) is 6.11. The van der Waals surface area contributed by atoms with Crippen LogP contribution >= 0.6 is 11.3 Å². The first kappa shape index (κ1) is 20.1. The van der Waals surface area contributed by atoms with E-state index in [0.29, 0.717) is 16.1 Å². The van der Waals surface area contributed by atoms with Gasteiger partial charge in [-0.3, -0.25) is 4.79 Å². The minimum atomic E-state index is -0.447. The largest absolute Gasteiger partial charge is 0.462 e. The van der Waals surface area contributed by atoms with Gasteiger partial charge >= 0.3 is 5.97 Å². The van der Waals surface area contributed by atoms with Crippen LogP contribution in [-0.2, 0) is 9.53 Å². The molecule has 0 aliphatic heterocycles. The first-order chi connectivity index (χ1) is 12.3. The van der Waals surface area contributed by atoms with Crippen LogP contribution in [0.15, 0.2) is 24.3 Å². The molecule has 1 amide bonds. The fourth-order valence-corrected chi connectivity index (χ4v) is 3.58. The van der Waals surface area contributed by atoms with Crippen molar-refractivity contribution in [1.82, 2.24) is 5.32 Å². The van der Waals surface area contributed by atoms with Gasteiger partial charge in [0.05, 0.1) is 18.7 Å². The molecule has 0 bridgehead atoms. The first-order valence-electron chi connectivity index (χ1n) is 8.39. The van der Waals surface area contributed by atoms with E-state index in [-0.39, 0.29) is 30.9 Å². The summed E-state index contributed by atoms with van der Waals surface area (Å²) < 4.78 is 18.9. The highest BCUT2D eigenvalue weighted by atomic mass is 32.1. The number of benzene rings is 1. The van der Waals surface area contributed by atoms with Gasteiger partial charge in [0.25, 0.3) is 0 Å². The van der Waals surface area contributed by atoms with Crippen molar-refractivity contribution in [3.8, 4) is 0 Å². The van der Waals surface area contributed by atoms with Crippen LogP contribution in [0.4, 0.5) is 9.39 Å². The number of anilines is 1. The molecule has 26 heavy (non-hydrogen) atoms. The molecular weight excluding hydrogens is 355 g/mol. The molecule has 0 spiro atoms. The lowest BCUT2D eigenvalue weighted by Gasteiger charge is -2.15. The molecule has 0 aliphatic carbocycles. The lowest BCUT2D eigenvalue weighted by atomic mass is 10.1. The smallest absolute Gasteiger partial charge is 0.341 e. The van der Waals surface area contributed by atoms with Crippen molar-refractivity contribution in [2.24, 2.45) is 0 Å². The molecule has 2 N–H and O–H groups in total. The molecule has 140 valence electrons. The topological polar surface area (TPSA) is 67.4 Å². The van der Waals surface area contributed by atoms with Gasteiger partial charge in [-0.15, -0.1) is 11.3 Å². The number of esters is 1. The van der Waals surface area contributed by atoms with E-state index in [1.165, 1.54) is 17.4 Å².